The second-order valence-electron chi connectivity index (χ2n) is 3.83. The highest BCUT2D eigenvalue weighted by atomic mass is 79.9. The zero-order valence-corrected chi connectivity index (χ0v) is 12.2. The van der Waals surface area contributed by atoms with Gasteiger partial charge < -0.3 is 10.1 Å². The highest BCUT2D eigenvalue weighted by Gasteiger charge is 2.04. The Kier molecular flexibility index (Phi) is 6.26. The molecule has 4 nitrogen and oxygen atoms in total. The van der Waals surface area contributed by atoms with Crippen molar-refractivity contribution < 1.29 is 4.74 Å². The molecule has 0 aliphatic carbocycles. The van der Waals surface area contributed by atoms with E-state index in [1.54, 1.807) is 0 Å². The molecule has 0 saturated heterocycles. The fraction of sp³-hybridized carbons (Fsp3) is 0.667. The minimum atomic E-state index is 0.547. The molecule has 17 heavy (non-hydrogen) atoms. The smallest absolute Gasteiger partial charge is 0.226 e. The zero-order valence-electron chi connectivity index (χ0n) is 10.7. The third-order valence-electron chi connectivity index (χ3n) is 2.31. The fourth-order valence-electron chi connectivity index (χ4n) is 1.39. The van der Waals surface area contributed by atoms with Crippen LogP contribution in [0.4, 0.5) is 5.95 Å². The van der Waals surface area contributed by atoms with Gasteiger partial charge in [-0.15, -0.1) is 0 Å². The van der Waals surface area contributed by atoms with Crippen LogP contribution in [0.15, 0.2) is 6.07 Å². The van der Waals surface area contributed by atoms with E-state index in [2.05, 4.69) is 38.1 Å². The van der Waals surface area contributed by atoms with Crippen LogP contribution in [-0.4, -0.2) is 27.9 Å². The number of aryl methyl sites for hydroxylation is 1. The Labute approximate surface area is 111 Å². The van der Waals surface area contributed by atoms with Gasteiger partial charge in [0.1, 0.15) is 0 Å². The summed E-state index contributed by atoms with van der Waals surface area (Å²) in [6.07, 6.45) is 2.18. The molecule has 0 aliphatic heterocycles. The largest absolute Gasteiger partial charge is 0.478 e. The molecule has 0 radical (unpaired) electrons. The van der Waals surface area contributed by atoms with Crippen molar-refractivity contribution in [3.63, 3.8) is 0 Å². The van der Waals surface area contributed by atoms with Crippen molar-refractivity contribution in [3.8, 4) is 5.88 Å². The topological polar surface area (TPSA) is 47.0 Å². The standard InChI is InChI=1S/C12H20BrN3O/c1-4-10(13)6-7-14-12-15-9(3)8-11(16-12)17-5-2/h8,10H,4-7H2,1-3H3,(H,14,15,16). The lowest BCUT2D eigenvalue weighted by Gasteiger charge is -2.10. The molecule has 0 bridgehead atoms. The van der Waals surface area contributed by atoms with Crippen LogP contribution in [0, 0.1) is 6.92 Å². The van der Waals surface area contributed by atoms with Crippen molar-refractivity contribution in [3.05, 3.63) is 11.8 Å². The summed E-state index contributed by atoms with van der Waals surface area (Å²) in [6.45, 7) is 7.53. The quantitative estimate of drug-likeness (QED) is 0.786. The molecule has 1 heterocycles. The highest BCUT2D eigenvalue weighted by molar-refractivity contribution is 9.09. The van der Waals surface area contributed by atoms with Gasteiger partial charge in [-0.2, -0.15) is 4.98 Å². The second-order valence-corrected chi connectivity index (χ2v) is 5.12. The Hall–Kier alpha value is -0.840. The van der Waals surface area contributed by atoms with Crippen LogP contribution in [0.1, 0.15) is 32.4 Å². The predicted molar refractivity (Wildman–Crippen MR) is 74.1 cm³/mol. The molecular weight excluding hydrogens is 282 g/mol. The Morgan fingerprint density at radius 1 is 1.41 bits per heavy atom. The Morgan fingerprint density at radius 3 is 2.82 bits per heavy atom. The molecule has 1 rings (SSSR count). The maximum Gasteiger partial charge on any atom is 0.226 e. The molecule has 0 amide bonds. The van der Waals surface area contributed by atoms with Crippen molar-refractivity contribution in [2.75, 3.05) is 18.5 Å². The van der Waals surface area contributed by atoms with Crippen molar-refractivity contribution in [1.82, 2.24) is 9.97 Å². The maximum absolute atomic E-state index is 5.38. The zero-order chi connectivity index (χ0) is 12.7. The summed E-state index contributed by atoms with van der Waals surface area (Å²) < 4.78 is 5.38. The van der Waals surface area contributed by atoms with Gasteiger partial charge in [-0.3, -0.25) is 0 Å². The van der Waals surface area contributed by atoms with E-state index in [-0.39, 0.29) is 0 Å². The summed E-state index contributed by atoms with van der Waals surface area (Å²) in [6, 6.07) is 1.84. The molecule has 1 aromatic rings. The average molecular weight is 302 g/mol. The van der Waals surface area contributed by atoms with E-state index in [4.69, 9.17) is 4.74 Å². The van der Waals surface area contributed by atoms with Gasteiger partial charge in [-0.1, -0.05) is 22.9 Å². The SMILES string of the molecule is CCOc1cc(C)nc(NCCC(Br)CC)n1. The first kappa shape index (κ1) is 14.2. The van der Waals surface area contributed by atoms with Crippen molar-refractivity contribution in [2.24, 2.45) is 0 Å². The number of halogens is 1. The molecule has 96 valence electrons. The molecule has 0 spiro atoms. The molecule has 1 aromatic heterocycles. The number of rotatable bonds is 7. The summed E-state index contributed by atoms with van der Waals surface area (Å²) in [5.74, 6) is 1.28. The molecular formula is C12H20BrN3O. The molecule has 0 saturated carbocycles. The van der Waals surface area contributed by atoms with E-state index in [9.17, 15) is 0 Å². The summed E-state index contributed by atoms with van der Waals surface area (Å²) in [5, 5.41) is 3.22. The summed E-state index contributed by atoms with van der Waals surface area (Å²) >= 11 is 3.60. The molecule has 0 fully saturated rings. The highest BCUT2D eigenvalue weighted by Crippen LogP contribution is 2.13. The van der Waals surface area contributed by atoms with Crippen LogP contribution in [0.5, 0.6) is 5.88 Å². The Bertz CT molecular complexity index is 347. The first-order chi connectivity index (χ1) is 8.15. The van der Waals surface area contributed by atoms with Crippen LogP contribution in [0.3, 0.4) is 0 Å². The number of nitrogens with one attached hydrogen (secondary N) is 1. The molecule has 0 aromatic carbocycles. The van der Waals surface area contributed by atoms with Crippen LogP contribution >= 0.6 is 15.9 Å². The Morgan fingerprint density at radius 2 is 2.18 bits per heavy atom. The lowest BCUT2D eigenvalue weighted by molar-refractivity contribution is 0.326. The average Bonchev–Trinajstić information content (AvgIpc) is 2.28. The second kappa shape index (κ2) is 7.48. The maximum atomic E-state index is 5.38. The van der Waals surface area contributed by atoms with Gasteiger partial charge in [-0.05, 0) is 26.7 Å². The van der Waals surface area contributed by atoms with Crippen molar-refractivity contribution in [1.29, 1.82) is 0 Å². The summed E-state index contributed by atoms with van der Waals surface area (Å²) in [5.41, 5.74) is 0.914. The van der Waals surface area contributed by atoms with Gasteiger partial charge in [-0.25, -0.2) is 4.98 Å². The lowest BCUT2D eigenvalue weighted by atomic mass is 10.2. The first-order valence-electron chi connectivity index (χ1n) is 6.02. The monoisotopic (exact) mass is 301 g/mol. The van der Waals surface area contributed by atoms with E-state index >= 15 is 0 Å². The van der Waals surface area contributed by atoms with Crippen LogP contribution in [0.2, 0.25) is 0 Å². The Balaban J connectivity index is 2.52. The fourth-order valence-corrected chi connectivity index (χ4v) is 1.61. The van der Waals surface area contributed by atoms with Gasteiger partial charge in [0.05, 0.1) is 6.61 Å². The number of hydrogen-bond donors (Lipinski definition) is 1. The summed E-state index contributed by atoms with van der Waals surface area (Å²) in [4.78, 5) is 9.15. The summed E-state index contributed by atoms with van der Waals surface area (Å²) in [7, 11) is 0. The number of anilines is 1. The number of ether oxygens (including phenoxy) is 1. The third-order valence-corrected chi connectivity index (χ3v) is 3.41. The lowest BCUT2D eigenvalue weighted by Crippen LogP contribution is -2.11. The normalized spacial score (nSPS) is 12.2. The van der Waals surface area contributed by atoms with E-state index in [1.165, 1.54) is 0 Å². The number of aromatic nitrogens is 2. The molecule has 1 unspecified atom stereocenters. The van der Waals surface area contributed by atoms with Gasteiger partial charge in [0.25, 0.3) is 0 Å². The number of alkyl halides is 1. The van der Waals surface area contributed by atoms with Crippen LogP contribution in [0.25, 0.3) is 0 Å². The van der Waals surface area contributed by atoms with Gasteiger partial charge >= 0.3 is 0 Å². The first-order valence-corrected chi connectivity index (χ1v) is 6.93. The van der Waals surface area contributed by atoms with E-state index in [0.717, 1.165) is 25.1 Å². The van der Waals surface area contributed by atoms with E-state index in [0.29, 0.717) is 23.3 Å². The van der Waals surface area contributed by atoms with E-state index < -0.39 is 0 Å². The predicted octanol–water partition coefficient (Wildman–Crippen LogP) is 3.16. The third kappa shape index (κ3) is 5.35. The van der Waals surface area contributed by atoms with Crippen LogP contribution in [-0.2, 0) is 0 Å². The number of nitrogens with zero attached hydrogens (tertiary/aromatic N) is 2. The van der Waals surface area contributed by atoms with E-state index in [1.807, 2.05) is 19.9 Å². The van der Waals surface area contributed by atoms with Gasteiger partial charge in [0.15, 0.2) is 0 Å². The molecule has 1 N–H and O–H groups in total. The van der Waals surface area contributed by atoms with Gasteiger partial charge in [0, 0.05) is 23.1 Å². The minimum Gasteiger partial charge on any atom is -0.478 e. The minimum absolute atomic E-state index is 0.547. The van der Waals surface area contributed by atoms with Crippen molar-refractivity contribution >= 4 is 21.9 Å². The molecule has 0 aliphatic rings. The molecule has 5 heteroatoms. The molecule has 1 atom stereocenters. The number of hydrogen-bond acceptors (Lipinski definition) is 4. The van der Waals surface area contributed by atoms with Crippen molar-refractivity contribution in [2.45, 2.75) is 38.4 Å². The van der Waals surface area contributed by atoms with Gasteiger partial charge in [0.2, 0.25) is 11.8 Å². The van der Waals surface area contributed by atoms with Crippen LogP contribution < -0.4 is 10.1 Å².